The molecule has 3 N–H and O–H groups in total. The van der Waals surface area contributed by atoms with Gasteiger partial charge in [-0.3, -0.25) is 0 Å². The van der Waals surface area contributed by atoms with Gasteiger partial charge in [-0.25, -0.2) is 4.39 Å². The Morgan fingerprint density at radius 3 is 2.46 bits per heavy atom. The van der Waals surface area contributed by atoms with Crippen molar-refractivity contribution in [1.82, 2.24) is 10.6 Å². The monoisotopic (exact) mass is 473 g/mol. The SMILES string of the molecule is Fc1ccccc1NC(=S)NCCCNCc1cc(Br)cc(Br)c1. The fraction of sp³-hybridized carbons (Fsp3) is 0.235. The maximum atomic E-state index is 13.5. The predicted molar refractivity (Wildman–Crippen MR) is 109 cm³/mol. The molecule has 0 saturated carbocycles. The second-order valence-electron chi connectivity index (χ2n) is 5.17. The lowest BCUT2D eigenvalue weighted by Gasteiger charge is -2.11. The first-order valence-corrected chi connectivity index (χ1v) is 9.49. The third kappa shape index (κ3) is 6.84. The van der Waals surface area contributed by atoms with Crippen LogP contribution in [0.5, 0.6) is 0 Å². The Balaban J connectivity index is 1.61. The highest BCUT2D eigenvalue weighted by Crippen LogP contribution is 2.19. The Labute approximate surface area is 163 Å². The lowest BCUT2D eigenvalue weighted by atomic mass is 10.2. The third-order valence-corrected chi connectivity index (χ3v) is 4.35. The van der Waals surface area contributed by atoms with Crippen LogP contribution < -0.4 is 16.0 Å². The predicted octanol–water partition coefficient (Wildman–Crippen LogP) is 4.82. The van der Waals surface area contributed by atoms with Crippen molar-refractivity contribution in [3.8, 4) is 0 Å². The van der Waals surface area contributed by atoms with Crippen LogP contribution in [0.15, 0.2) is 51.4 Å². The summed E-state index contributed by atoms with van der Waals surface area (Å²) in [4.78, 5) is 0. The fourth-order valence-corrected chi connectivity index (χ4v) is 3.69. The van der Waals surface area contributed by atoms with E-state index in [0.29, 0.717) is 10.8 Å². The standard InChI is InChI=1S/C17H18Br2FN3S/c18-13-8-12(9-14(19)10-13)11-21-6-3-7-22-17(24)23-16-5-2-1-4-15(16)20/h1-2,4-5,8-10,21H,3,6-7,11H2,(H2,22,23,24). The second-order valence-corrected chi connectivity index (χ2v) is 7.41. The maximum Gasteiger partial charge on any atom is 0.170 e. The van der Waals surface area contributed by atoms with Crippen molar-refractivity contribution in [2.75, 3.05) is 18.4 Å². The van der Waals surface area contributed by atoms with Gasteiger partial charge < -0.3 is 16.0 Å². The molecule has 0 fully saturated rings. The minimum Gasteiger partial charge on any atom is -0.362 e. The van der Waals surface area contributed by atoms with Crippen molar-refractivity contribution in [3.63, 3.8) is 0 Å². The minimum absolute atomic E-state index is 0.316. The Hall–Kier alpha value is -1.02. The Morgan fingerprint density at radius 1 is 1.04 bits per heavy atom. The number of hydrogen-bond donors (Lipinski definition) is 3. The van der Waals surface area contributed by atoms with Crippen LogP contribution in [0.2, 0.25) is 0 Å². The summed E-state index contributed by atoms with van der Waals surface area (Å²) in [6, 6.07) is 12.6. The Morgan fingerprint density at radius 2 is 1.75 bits per heavy atom. The van der Waals surface area contributed by atoms with Gasteiger partial charge in [-0.1, -0.05) is 44.0 Å². The summed E-state index contributed by atoms with van der Waals surface area (Å²) >= 11 is 12.1. The highest BCUT2D eigenvalue weighted by Gasteiger charge is 2.02. The fourth-order valence-electron chi connectivity index (χ4n) is 2.09. The quantitative estimate of drug-likeness (QED) is 0.397. The Bertz CT molecular complexity index is 677. The van der Waals surface area contributed by atoms with Gasteiger partial charge in [-0.05, 0) is 61.1 Å². The number of para-hydroxylation sites is 1. The molecule has 0 aliphatic rings. The van der Waals surface area contributed by atoms with Crippen molar-refractivity contribution in [2.45, 2.75) is 13.0 Å². The van der Waals surface area contributed by atoms with Gasteiger partial charge in [0.15, 0.2) is 5.11 Å². The lowest BCUT2D eigenvalue weighted by Crippen LogP contribution is -2.31. The molecule has 0 unspecified atom stereocenters. The molecular weight excluding hydrogens is 457 g/mol. The molecule has 0 aliphatic carbocycles. The van der Waals surface area contributed by atoms with Gasteiger partial charge in [0.2, 0.25) is 0 Å². The van der Waals surface area contributed by atoms with Crippen LogP contribution in [-0.2, 0) is 6.54 Å². The first kappa shape index (κ1) is 19.3. The van der Waals surface area contributed by atoms with Crippen LogP contribution in [0.3, 0.4) is 0 Å². The zero-order valence-electron chi connectivity index (χ0n) is 12.9. The van der Waals surface area contributed by atoms with Gasteiger partial charge in [0.1, 0.15) is 5.82 Å². The van der Waals surface area contributed by atoms with Crippen LogP contribution in [-0.4, -0.2) is 18.2 Å². The molecule has 3 nitrogen and oxygen atoms in total. The van der Waals surface area contributed by atoms with Gasteiger partial charge in [0, 0.05) is 22.0 Å². The van der Waals surface area contributed by atoms with Crippen LogP contribution in [0, 0.1) is 5.82 Å². The molecule has 0 atom stereocenters. The molecular formula is C17H18Br2FN3S. The smallest absolute Gasteiger partial charge is 0.170 e. The molecule has 2 aromatic carbocycles. The summed E-state index contributed by atoms with van der Waals surface area (Å²) in [5, 5.41) is 9.74. The highest BCUT2D eigenvalue weighted by molar-refractivity contribution is 9.11. The minimum atomic E-state index is -0.316. The number of halogens is 3. The summed E-state index contributed by atoms with van der Waals surface area (Å²) in [7, 11) is 0. The van der Waals surface area contributed by atoms with E-state index in [4.69, 9.17) is 12.2 Å². The summed E-state index contributed by atoms with van der Waals surface area (Å²) in [6.45, 7) is 2.38. The molecule has 0 bridgehead atoms. The number of thiocarbonyl (C=S) groups is 1. The normalized spacial score (nSPS) is 10.5. The molecule has 24 heavy (non-hydrogen) atoms. The molecule has 0 aromatic heterocycles. The van der Waals surface area contributed by atoms with Gasteiger partial charge in [0.05, 0.1) is 5.69 Å². The average Bonchev–Trinajstić information content (AvgIpc) is 2.52. The van der Waals surface area contributed by atoms with Gasteiger partial charge in [-0.2, -0.15) is 0 Å². The van der Waals surface area contributed by atoms with Gasteiger partial charge in [0.25, 0.3) is 0 Å². The van der Waals surface area contributed by atoms with Gasteiger partial charge in [-0.15, -0.1) is 0 Å². The average molecular weight is 475 g/mol. The molecule has 0 aliphatic heterocycles. The number of anilines is 1. The summed E-state index contributed by atoms with van der Waals surface area (Å²) in [5.41, 5.74) is 1.59. The molecule has 0 heterocycles. The second kappa shape index (κ2) is 10.1. The van der Waals surface area contributed by atoms with E-state index in [1.165, 1.54) is 11.6 Å². The number of benzene rings is 2. The van der Waals surface area contributed by atoms with Crippen LogP contribution in [0.1, 0.15) is 12.0 Å². The molecule has 0 amide bonds. The molecule has 2 rings (SSSR count). The Kier molecular flexibility index (Phi) is 8.11. The van der Waals surface area contributed by atoms with E-state index in [-0.39, 0.29) is 5.82 Å². The topological polar surface area (TPSA) is 36.1 Å². The maximum absolute atomic E-state index is 13.5. The first-order valence-electron chi connectivity index (χ1n) is 7.49. The molecule has 7 heteroatoms. The van der Waals surface area contributed by atoms with Crippen LogP contribution >= 0.6 is 44.1 Å². The van der Waals surface area contributed by atoms with E-state index in [0.717, 1.165) is 35.0 Å². The highest BCUT2D eigenvalue weighted by atomic mass is 79.9. The van der Waals surface area contributed by atoms with E-state index in [2.05, 4.69) is 59.9 Å². The van der Waals surface area contributed by atoms with E-state index in [1.54, 1.807) is 18.2 Å². The zero-order chi connectivity index (χ0) is 17.4. The van der Waals surface area contributed by atoms with Crippen molar-refractivity contribution in [2.24, 2.45) is 0 Å². The van der Waals surface area contributed by atoms with E-state index in [9.17, 15) is 4.39 Å². The van der Waals surface area contributed by atoms with Crippen molar-refractivity contribution in [3.05, 3.63) is 62.8 Å². The largest absolute Gasteiger partial charge is 0.362 e. The molecule has 2 aromatic rings. The summed E-state index contributed by atoms with van der Waals surface area (Å²) in [6.07, 6.45) is 0.911. The zero-order valence-corrected chi connectivity index (χ0v) is 16.9. The number of rotatable bonds is 7. The molecule has 0 saturated heterocycles. The van der Waals surface area contributed by atoms with Gasteiger partial charge >= 0.3 is 0 Å². The molecule has 128 valence electrons. The first-order chi connectivity index (χ1) is 11.5. The van der Waals surface area contributed by atoms with E-state index >= 15 is 0 Å². The van der Waals surface area contributed by atoms with E-state index < -0.39 is 0 Å². The molecule has 0 radical (unpaired) electrons. The van der Waals surface area contributed by atoms with Crippen LogP contribution in [0.4, 0.5) is 10.1 Å². The number of hydrogen-bond acceptors (Lipinski definition) is 2. The van der Waals surface area contributed by atoms with E-state index in [1.807, 2.05) is 6.07 Å². The van der Waals surface area contributed by atoms with Crippen molar-refractivity contribution >= 4 is 54.9 Å². The third-order valence-electron chi connectivity index (χ3n) is 3.19. The van der Waals surface area contributed by atoms with Crippen LogP contribution in [0.25, 0.3) is 0 Å². The summed E-state index contributed by atoms with van der Waals surface area (Å²) in [5.74, 6) is -0.316. The molecule has 0 spiro atoms. The van der Waals surface area contributed by atoms with Crippen molar-refractivity contribution in [1.29, 1.82) is 0 Å². The van der Waals surface area contributed by atoms with Crippen molar-refractivity contribution < 1.29 is 4.39 Å². The lowest BCUT2D eigenvalue weighted by molar-refractivity contribution is 0.631. The summed E-state index contributed by atoms with van der Waals surface area (Å²) < 4.78 is 15.6. The number of nitrogens with one attached hydrogen (secondary N) is 3.